The fourth-order valence-electron chi connectivity index (χ4n) is 1.32. The fourth-order valence-corrected chi connectivity index (χ4v) is 1.32. The Balaban J connectivity index is 2.29. The first-order valence-corrected chi connectivity index (χ1v) is 4.41. The number of aliphatic hydroxyl groups is 1. The second-order valence-electron chi connectivity index (χ2n) is 3.38. The minimum Gasteiger partial charge on any atom is -0.385 e. The van der Waals surface area contributed by atoms with Crippen LogP contribution in [0.1, 0.15) is 12.8 Å². The molecule has 1 aliphatic rings. The van der Waals surface area contributed by atoms with Gasteiger partial charge in [0.1, 0.15) is 6.10 Å². The van der Waals surface area contributed by atoms with Gasteiger partial charge in [-0.25, -0.2) is 0 Å². The highest BCUT2D eigenvalue weighted by atomic mass is 19.4. The minimum atomic E-state index is -4.36. The van der Waals surface area contributed by atoms with Gasteiger partial charge in [-0.3, -0.25) is 4.79 Å². The van der Waals surface area contributed by atoms with Gasteiger partial charge < -0.3 is 9.84 Å². The maximum Gasteiger partial charge on any atom is 0.414 e. The lowest BCUT2D eigenvalue weighted by atomic mass is 9.97. The Morgan fingerprint density at radius 1 is 1.67 bits per heavy atom. The topological polar surface area (TPSA) is 46.5 Å². The quantitative estimate of drug-likeness (QED) is 0.730. The average molecular weight is 224 g/mol. The number of rotatable bonds is 4. The predicted molar refractivity (Wildman–Crippen MR) is 45.2 cm³/mol. The first kappa shape index (κ1) is 12.2. The fraction of sp³-hybridized carbons (Fsp3) is 0.667. The van der Waals surface area contributed by atoms with Crippen LogP contribution in [0.5, 0.6) is 0 Å². The van der Waals surface area contributed by atoms with Crippen molar-refractivity contribution in [2.75, 3.05) is 0 Å². The third-order valence-electron chi connectivity index (χ3n) is 2.21. The number of halogens is 3. The number of ether oxygens (including phenoxy) is 1. The molecule has 1 heterocycles. The SMILES string of the molecule is C=CC(=O)C(O)CC1CC(C(F)(F)F)O1. The highest BCUT2D eigenvalue weighted by molar-refractivity contribution is 5.92. The van der Waals surface area contributed by atoms with Crippen LogP contribution in [0.3, 0.4) is 0 Å². The van der Waals surface area contributed by atoms with Gasteiger partial charge in [0.25, 0.3) is 0 Å². The van der Waals surface area contributed by atoms with E-state index in [1.165, 1.54) is 0 Å². The van der Waals surface area contributed by atoms with Gasteiger partial charge in [-0.1, -0.05) is 6.58 Å². The summed E-state index contributed by atoms with van der Waals surface area (Å²) in [5, 5.41) is 9.16. The van der Waals surface area contributed by atoms with Crippen LogP contribution in [0.25, 0.3) is 0 Å². The minimum absolute atomic E-state index is 0.114. The van der Waals surface area contributed by atoms with Crippen LogP contribution in [-0.4, -0.2) is 35.4 Å². The van der Waals surface area contributed by atoms with Crippen molar-refractivity contribution in [3.05, 3.63) is 12.7 Å². The van der Waals surface area contributed by atoms with Crippen molar-refractivity contribution < 1.29 is 27.8 Å². The molecule has 3 atom stereocenters. The zero-order chi connectivity index (χ0) is 11.6. The Morgan fingerprint density at radius 2 is 2.20 bits per heavy atom. The molecule has 0 aromatic heterocycles. The van der Waals surface area contributed by atoms with Crippen molar-refractivity contribution in [2.24, 2.45) is 0 Å². The molecule has 0 bridgehead atoms. The molecule has 1 rings (SSSR count). The predicted octanol–water partition coefficient (Wildman–Crippen LogP) is 1.21. The van der Waals surface area contributed by atoms with E-state index >= 15 is 0 Å². The molecule has 0 amide bonds. The summed E-state index contributed by atoms with van der Waals surface area (Å²) in [5.74, 6) is -0.603. The van der Waals surface area contributed by atoms with Crippen molar-refractivity contribution in [2.45, 2.75) is 37.3 Å². The third-order valence-corrected chi connectivity index (χ3v) is 2.21. The second kappa shape index (κ2) is 4.32. The lowest BCUT2D eigenvalue weighted by Gasteiger charge is -2.37. The molecule has 3 unspecified atom stereocenters. The Hall–Kier alpha value is -0.880. The van der Waals surface area contributed by atoms with Gasteiger partial charge in [-0.2, -0.15) is 13.2 Å². The van der Waals surface area contributed by atoms with E-state index in [1.807, 2.05) is 0 Å². The molecule has 3 nitrogen and oxygen atoms in total. The molecule has 1 saturated heterocycles. The van der Waals surface area contributed by atoms with Crippen molar-refractivity contribution in [3.63, 3.8) is 0 Å². The van der Waals surface area contributed by atoms with Crippen molar-refractivity contribution >= 4 is 5.78 Å². The van der Waals surface area contributed by atoms with Crippen LogP contribution in [-0.2, 0) is 9.53 Å². The number of hydrogen-bond acceptors (Lipinski definition) is 3. The standard InChI is InChI=1S/C9H11F3O3/c1-2-6(13)7(14)3-5-4-8(15-5)9(10,11)12/h2,5,7-8,14H,1,3-4H2. The maximum absolute atomic E-state index is 12.0. The molecular weight excluding hydrogens is 213 g/mol. The number of carbonyl (C=O) groups is 1. The van der Waals surface area contributed by atoms with E-state index in [0.29, 0.717) is 0 Å². The summed E-state index contributed by atoms with van der Waals surface area (Å²) >= 11 is 0. The lowest BCUT2D eigenvalue weighted by Crippen LogP contribution is -2.48. The van der Waals surface area contributed by atoms with Crippen molar-refractivity contribution in [3.8, 4) is 0 Å². The molecule has 15 heavy (non-hydrogen) atoms. The van der Waals surface area contributed by atoms with Gasteiger partial charge in [0, 0.05) is 12.8 Å². The number of hydrogen-bond donors (Lipinski definition) is 1. The molecule has 1 N–H and O–H groups in total. The van der Waals surface area contributed by atoms with Crippen LogP contribution in [0.4, 0.5) is 13.2 Å². The molecule has 0 aromatic carbocycles. The number of alkyl halides is 3. The molecule has 0 spiro atoms. The lowest BCUT2D eigenvalue weighted by molar-refractivity contribution is -0.288. The molecule has 1 aliphatic heterocycles. The van der Waals surface area contributed by atoms with Gasteiger partial charge in [0.15, 0.2) is 11.9 Å². The molecule has 0 aliphatic carbocycles. The number of aliphatic hydroxyl groups excluding tert-OH is 1. The van der Waals surface area contributed by atoms with Gasteiger partial charge in [0.2, 0.25) is 0 Å². The van der Waals surface area contributed by atoms with E-state index < -0.39 is 30.3 Å². The highest BCUT2D eigenvalue weighted by Crippen LogP contribution is 2.36. The summed E-state index contributed by atoms with van der Waals surface area (Å²) in [6, 6.07) is 0. The number of ketones is 1. The largest absolute Gasteiger partial charge is 0.414 e. The summed E-state index contributed by atoms with van der Waals surface area (Å²) in [6.07, 6.45) is -7.51. The molecule has 0 radical (unpaired) electrons. The zero-order valence-corrected chi connectivity index (χ0v) is 7.83. The van der Waals surface area contributed by atoms with Gasteiger partial charge in [0.05, 0.1) is 6.10 Å². The van der Waals surface area contributed by atoms with Crippen molar-refractivity contribution in [1.29, 1.82) is 0 Å². The summed E-state index contributed by atoms with van der Waals surface area (Å²) in [7, 11) is 0. The average Bonchev–Trinajstić information content (AvgIpc) is 2.06. The maximum atomic E-state index is 12.0. The smallest absolute Gasteiger partial charge is 0.385 e. The van der Waals surface area contributed by atoms with E-state index in [4.69, 9.17) is 5.11 Å². The molecule has 6 heteroatoms. The van der Waals surface area contributed by atoms with Crippen LogP contribution in [0.2, 0.25) is 0 Å². The van der Waals surface area contributed by atoms with Gasteiger partial charge >= 0.3 is 6.18 Å². The first-order valence-electron chi connectivity index (χ1n) is 4.41. The van der Waals surface area contributed by atoms with E-state index in [0.717, 1.165) is 6.08 Å². The van der Waals surface area contributed by atoms with Crippen LogP contribution >= 0.6 is 0 Å². The van der Waals surface area contributed by atoms with Crippen molar-refractivity contribution in [1.82, 2.24) is 0 Å². The Bertz CT molecular complexity index is 256. The Kier molecular flexibility index (Phi) is 3.51. The summed E-state index contributed by atoms with van der Waals surface area (Å²) < 4.78 is 40.4. The second-order valence-corrected chi connectivity index (χ2v) is 3.38. The van der Waals surface area contributed by atoms with Crippen LogP contribution < -0.4 is 0 Å². The van der Waals surface area contributed by atoms with Gasteiger partial charge in [-0.05, 0) is 6.08 Å². The molecule has 1 fully saturated rings. The van der Waals surface area contributed by atoms with E-state index in [9.17, 15) is 18.0 Å². The Morgan fingerprint density at radius 3 is 2.60 bits per heavy atom. The molecule has 0 aromatic rings. The van der Waals surface area contributed by atoms with E-state index in [1.54, 1.807) is 0 Å². The van der Waals surface area contributed by atoms with E-state index in [2.05, 4.69) is 11.3 Å². The van der Waals surface area contributed by atoms with Crippen LogP contribution in [0.15, 0.2) is 12.7 Å². The van der Waals surface area contributed by atoms with Gasteiger partial charge in [-0.15, -0.1) is 0 Å². The normalized spacial score (nSPS) is 28.0. The highest BCUT2D eigenvalue weighted by Gasteiger charge is 2.49. The van der Waals surface area contributed by atoms with E-state index in [-0.39, 0.29) is 12.8 Å². The summed E-state index contributed by atoms with van der Waals surface area (Å²) in [4.78, 5) is 10.8. The summed E-state index contributed by atoms with van der Waals surface area (Å²) in [5.41, 5.74) is 0. The molecular formula is C9H11F3O3. The Labute approximate surface area is 84.5 Å². The zero-order valence-electron chi connectivity index (χ0n) is 7.83. The van der Waals surface area contributed by atoms with Crippen LogP contribution in [0, 0.1) is 0 Å². The molecule has 0 saturated carbocycles. The molecule has 86 valence electrons. The third kappa shape index (κ3) is 3.04. The summed E-state index contributed by atoms with van der Waals surface area (Å²) in [6.45, 7) is 3.16. The monoisotopic (exact) mass is 224 g/mol. The number of carbonyl (C=O) groups excluding carboxylic acids is 1. The first-order chi connectivity index (χ1) is 6.84.